The molecule has 1 aromatic carbocycles. The summed E-state index contributed by atoms with van der Waals surface area (Å²) in [4.78, 5) is 0. The topological polar surface area (TPSA) is 0 Å². The van der Waals surface area contributed by atoms with Crippen LogP contribution in [-0.2, 0) is 6.18 Å². The van der Waals surface area contributed by atoms with Crippen molar-refractivity contribution in [2.75, 3.05) is 0 Å². The highest BCUT2D eigenvalue weighted by Gasteiger charge is 2.32. The summed E-state index contributed by atoms with van der Waals surface area (Å²) in [6.07, 6.45) is -4.36. The lowest BCUT2D eigenvalue weighted by Crippen LogP contribution is -2.05. The Morgan fingerprint density at radius 1 is 1.00 bits per heavy atom. The standard InChI is InChI=1S/C8H6ClF3.2C2H6/c1-5-2-3-7(9)6(4-5)8(10,11)12;2*1-2/h2-4H,1H3;2*1-2H3. The van der Waals surface area contributed by atoms with Crippen LogP contribution in [0.3, 0.4) is 0 Å². The van der Waals surface area contributed by atoms with E-state index in [1.807, 2.05) is 27.7 Å². The lowest BCUT2D eigenvalue weighted by Gasteiger charge is -2.08. The monoisotopic (exact) mass is 254 g/mol. The van der Waals surface area contributed by atoms with Gasteiger partial charge in [-0.15, -0.1) is 0 Å². The Balaban J connectivity index is 0. The van der Waals surface area contributed by atoms with Crippen molar-refractivity contribution in [1.82, 2.24) is 0 Å². The first-order chi connectivity index (χ1) is 7.41. The van der Waals surface area contributed by atoms with Crippen LogP contribution in [0.4, 0.5) is 13.2 Å². The van der Waals surface area contributed by atoms with Crippen LogP contribution in [0, 0.1) is 6.92 Å². The van der Waals surface area contributed by atoms with Crippen LogP contribution in [0.25, 0.3) is 0 Å². The van der Waals surface area contributed by atoms with Crippen LogP contribution in [0.5, 0.6) is 0 Å². The Labute approximate surface area is 100 Å². The first-order valence-electron chi connectivity index (χ1n) is 5.24. The molecule has 0 aliphatic heterocycles. The first kappa shape index (κ1) is 17.7. The van der Waals surface area contributed by atoms with Crippen LogP contribution in [0.15, 0.2) is 18.2 Å². The molecule has 0 saturated heterocycles. The van der Waals surface area contributed by atoms with E-state index in [-0.39, 0.29) is 5.02 Å². The minimum Gasteiger partial charge on any atom is -0.166 e. The lowest BCUT2D eigenvalue weighted by molar-refractivity contribution is -0.137. The molecule has 0 saturated carbocycles. The van der Waals surface area contributed by atoms with Crippen molar-refractivity contribution >= 4 is 11.6 Å². The van der Waals surface area contributed by atoms with E-state index in [1.54, 1.807) is 6.92 Å². The molecular weight excluding hydrogens is 237 g/mol. The van der Waals surface area contributed by atoms with Gasteiger partial charge in [0.25, 0.3) is 0 Å². The Morgan fingerprint density at radius 3 is 1.75 bits per heavy atom. The van der Waals surface area contributed by atoms with Crippen molar-refractivity contribution in [2.45, 2.75) is 40.8 Å². The normalized spacial score (nSPS) is 9.56. The minimum atomic E-state index is -4.36. The molecule has 0 nitrogen and oxygen atoms in total. The molecule has 0 aromatic heterocycles. The van der Waals surface area contributed by atoms with Crippen molar-refractivity contribution in [3.05, 3.63) is 34.3 Å². The second-order valence-electron chi connectivity index (χ2n) is 2.48. The third-order valence-corrected chi connectivity index (χ3v) is 1.76. The number of halogens is 4. The van der Waals surface area contributed by atoms with Crippen molar-refractivity contribution < 1.29 is 13.2 Å². The van der Waals surface area contributed by atoms with Crippen molar-refractivity contribution in [2.24, 2.45) is 0 Å². The van der Waals surface area contributed by atoms with Gasteiger partial charge in [0.15, 0.2) is 0 Å². The van der Waals surface area contributed by atoms with Crippen LogP contribution >= 0.6 is 11.6 Å². The average Bonchev–Trinajstić information content (AvgIpc) is 2.26. The Kier molecular flexibility index (Phi) is 9.34. The molecule has 0 heterocycles. The third-order valence-electron chi connectivity index (χ3n) is 1.43. The molecule has 1 aromatic rings. The summed E-state index contributed by atoms with van der Waals surface area (Å²) < 4.78 is 36.4. The highest BCUT2D eigenvalue weighted by Crippen LogP contribution is 2.34. The number of aryl methyl sites for hydroxylation is 1. The van der Waals surface area contributed by atoms with Crippen LogP contribution in [0.1, 0.15) is 38.8 Å². The van der Waals surface area contributed by atoms with E-state index in [4.69, 9.17) is 11.6 Å². The average molecular weight is 255 g/mol. The fourth-order valence-corrected chi connectivity index (χ4v) is 1.08. The molecule has 0 spiro atoms. The predicted molar refractivity (Wildman–Crippen MR) is 63.9 cm³/mol. The summed E-state index contributed by atoms with van der Waals surface area (Å²) in [6, 6.07) is 3.82. The van der Waals surface area contributed by atoms with Gasteiger partial charge in [-0.25, -0.2) is 0 Å². The quantitative estimate of drug-likeness (QED) is 0.555. The summed E-state index contributed by atoms with van der Waals surface area (Å²) in [5.74, 6) is 0. The Hall–Kier alpha value is -0.700. The molecule has 0 amide bonds. The maximum atomic E-state index is 12.1. The van der Waals surface area contributed by atoms with Gasteiger partial charge in [-0.3, -0.25) is 0 Å². The van der Waals surface area contributed by atoms with E-state index in [0.29, 0.717) is 5.56 Å². The smallest absolute Gasteiger partial charge is 0.166 e. The van der Waals surface area contributed by atoms with Crippen molar-refractivity contribution in [3.63, 3.8) is 0 Å². The second-order valence-corrected chi connectivity index (χ2v) is 2.89. The van der Waals surface area contributed by atoms with Crippen molar-refractivity contribution in [3.8, 4) is 0 Å². The highest BCUT2D eigenvalue weighted by atomic mass is 35.5. The van der Waals surface area contributed by atoms with Gasteiger partial charge in [0.1, 0.15) is 0 Å². The fourth-order valence-electron chi connectivity index (χ4n) is 0.856. The van der Waals surface area contributed by atoms with Gasteiger partial charge in [-0.1, -0.05) is 50.9 Å². The number of hydrogen-bond acceptors (Lipinski definition) is 0. The summed E-state index contributed by atoms with van der Waals surface area (Å²) in [5.41, 5.74) is -0.226. The third kappa shape index (κ3) is 6.01. The fraction of sp³-hybridized carbons (Fsp3) is 0.500. The number of benzene rings is 1. The first-order valence-corrected chi connectivity index (χ1v) is 5.62. The largest absolute Gasteiger partial charge is 0.417 e. The molecule has 0 atom stereocenters. The summed E-state index contributed by atoms with van der Waals surface area (Å²) in [7, 11) is 0. The second kappa shape index (κ2) is 8.45. The van der Waals surface area contributed by atoms with E-state index in [0.717, 1.165) is 6.07 Å². The van der Waals surface area contributed by atoms with E-state index in [1.165, 1.54) is 12.1 Å². The zero-order valence-electron chi connectivity index (χ0n) is 10.2. The molecule has 1 rings (SSSR count). The van der Waals surface area contributed by atoms with Crippen LogP contribution in [0.2, 0.25) is 5.02 Å². The Bertz CT molecular complexity index is 293. The van der Waals surface area contributed by atoms with E-state index in [9.17, 15) is 13.2 Å². The van der Waals surface area contributed by atoms with Gasteiger partial charge >= 0.3 is 6.18 Å². The van der Waals surface area contributed by atoms with Crippen LogP contribution in [-0.4, -0.2) is 0 Å². The SMILES string of the molecule is CC.CC.Cc1ccc(Cl)c(C(F)(F)F)c1. The summed E-state index contributed by atoms with van der Waals surface area (Å²) in [5, 5.41) is -0.256. The molecule has 0 fully saturated rings. The van der Waals surface area contributed by atoms with Crippen LogP contribution < -0.4 is 0 Å². The summed E-state index contributed by atoms with van der Waals surface area (Å²) in [6.45, 7) is 9.59. The summed E-state index contributed by atoms with van der Waals surface area (Å²) >= 11 is 5.36. The molecule has 0 unspecified atom stereocenters. The van der Waals surface area contributed by atoms with Gasteiger partial charge in [-0.2, -0.15) is 13.2 Å². The molecule has 0 radical (unpaired) electrons. The molecular formula is C12H18ClF3. The molecule has 0 aliphatic rings. The van der Waals surface area contributed by atoms with Gasteiger partial charge in [0.2, 0.25) is 0 Å². The van der Waals surface area contributed by atoms with Gasteiger partial charge in [0.05, 0.1) is 10.6 Å². The maximum absolute atomic E-state index is 12.1. The Morgan fingerprint density at radius 2 is 1.44 bits per heavy atom. The molecule has 0 aliphatic carbocycles. The van der Waals surface area contributed by atoms with E-state index >= 15 is 0 Å². The zero-order chi connectivity index (χ0) is 13.4. The highest BCUT2D eigenvalue weighted by molar-refractivity contribution is 6.31. The molecule has 4 heteroatoms. The molecule has 16 heavy (non-hydrogen) atoms. The molecule has 94 valence electrons. The molecule has 0 N–H and O–H groups in total. The minimum absolute atomic E-state index is 0.256. The van der Waals surface area contributed by atoms with E-state index in [2.05, 4.69) is 0 Å². The number of rotatable bonds is 0. The molecule has 0 bridgehead atoms. The van der Waals surface area contributed by atoms with Gasteiger partial charge in [-0.05, 0) is 19.1 Å². The zero-order valence-corrected chi connectivity index (χ0v) is 11.0. The van der Waals surface area contributed by atoms with Crippen molar-refractivity contribution in [1.29, 1.82) is 0 Å². The lowest BCUT2D eigenvalue weighted by atomic mass is 10.1. The number of alkyl halides is 3. The number of hydrogen-bond donors (Lipinski definition) is 0. The van der Waals surface area contributed by atoms with Gasteiger partial charge < -0.3 is 0 Å². The van der Waals surface area contributed by atoms with E-state index < -0.39 is 11.7 Å². The maximum Gasteiger partial charge on any atom is 0.417 e. The van der Waals surface area contributed by atoms with Gasteiger partial charge in [0, 0.05) is 0 Å². The predicted octanol–water partition coefficient (Wildman–Crippen LogP) is 5.72.